The van der Waals surface area contributed by atoms with E-state index in [4.69, 9.17) is 29.0 Å². The first-order valence-electron chi connectivity index (χ1n) is 8.86. The Bertz CT molecular complexity index is 725. The maximum absolute atomic E-state index is 5.78. The topological polar surface area (TPSA) is 67.6 Å². The van der Waals surface area contributed by atoms with Gasteiger partial charge in [-0.25, -0.2) is 9.67 Å². The Morgan fingerprint density at radius 3 is 2.96 bits per heavy atom. The van der Waals surface area contributed by atoms with Crippen LogP contribution in [0.2, 0.25) is 0 Å². The summed E-state index contributed by atoms with van der Waals surface area (Å²) in [5, 5.41) is 4.71. The summed E-state index contributed by atoms with van der Waals surface area (Å²) in [5.74, 6) is 3.22. The fraction of sp³-hybridized carbons (Fsp3) is 0.556. The van der Waals surface area contributed by atoms with Crippen molar-refractivity contribution in [3.63, 3.8) is 0 Å². The molecule has 2 aromatic rings. The zero-order chi connectivity index (χ0) is 17.1. The number of aryl methyl sites for hydroxylation is 1. The number of aromatic nitrogens is 3. The molecule has 0 bridgehead atoms. The highest BCUT2D eigenvalue weighted by molar-refractivity contribution is 5.62. The van der Waals surface area contributed by atoms with Crippen molar-refractivity contribution in [3.8, 4) is 22.9 Å². The van der Waals surface area contributed by atoms with Gasteiger partial charge in [-0.3, -0.25) is 0 Å². The number of fused-ring (bicyclic) bond motifs is 1. The van der Waals surface area contributed by atoms with Crippen LogP contribution in [0.3, 0.4) is 0 Å². The molecule has 25 heavy (non-hydrogen) atoms. The third kappa shape index (κ3) is 3.62. The summed E-state index contributed by atoms with van der Waals surface area (Å²) >= 11 is 0. The Balaban J connectivity index is 1.62. The van der Waals surface area contributed by atoms with Crippen LogP contribution in [0.1, 0.15) is 25.6 Å². The standard InChI is InChI=1S/C18H23N3O4/c1-2-3-4-17-19-18(13-5-6-15-16(9-13)25-12-24-15)21(20-17)10-14-11-22-7-8-23-14/h5-6,9,14H,2-4,7-8,10-12H2,1H3. The normalized spacial score (nSPS) is 19.3. The van der Waals surface area contributed by atoms with Crippen LogP contribution >= 0.6 is 0 Å². The van der Waals surface area contributed by atoms with E-state index >= 15 is 0 Å². The molecule has 1 aromatic heterocycles. The molecule has 1 aromatic carbocycles. The van der Waals surface area contributed by atoms with E-state index in [1.807, 2.05) is 22.9 Å². The average molecular weight is 345 g/mol. The predicted octanol–water partition coefficient (Wildman–Crippen LogP) is 2.43. The molecule has 0 aliphatic carbocycles. The van der Waals surface area contributed by atoms with Crippen molar-refractivity contribution in [1.29, 1.82) is 0 Å². The van der Waals surface area contributed by atoms with Crippen molar-refractivity contribution in [1.82, 2.24) is 14.8 Å². The molecular weight excluding hydrogens is 322 g/mol. The second-order valence-electron chi connectivity index (χ2n) is 6.27. The molecule has 1 unspecified atom stereocenters. The van der Waals surface area contributed by atoms with Gasteiger partial charge >= 0.3 is 0 Å². The van der Waals surface area contributed by atoms with Gasteiger partial charge in [-0.2, -0.15) is 5.10 Å². The van der Waals surface area contributed by atoms with Gasteiger partial charge in [0, 0.05) is 12.0 Å². The molecule has 2 aliphatic heterocycles. The Kier molecular flexibility index (Phi) is 4.85. The zero-order valence-electron chi connectivity index (χ0n) is 14.4. The molecule has 1 fully saturated rings. The number of hydrogen-bond donors (Lipinski definition) is 0. The summed E-state index contributed by atoms with van der Waals surface area (Å²) in [6.07, 6.45) is 3.08. The van der Waals surface area contributed by atoms with Crippen LogP contribution in [0, 0.1) is 0 Å². The van der Waals surface area contributed by atoms with E-state index in [1.165, 1.54) is 0 Å². The Morgan fingerprint density at radius 2 is 2.12 bits per heavy atom. The molecule has 7 nitrogen and oxygen atoms in total. The summed E-state index contributed by atoms with van der Waals surface area (Å²) in [4.78, 5) is 4.77. The lowest BCUT2D eigenvalue weighted by molar-refractivity contribution is -0.0945. The lowest BCUT2D eigenvalue weighted by atomic mass is 10.2. The SMILES string of the molecule is CCCCc1nc(-c2ccc3c(c2)OCO3)n(CC2COCCO2)n1. The molecular formula is C18H23N3O4. The summed E-state index contributed by atoms with van der Waals surface area (Å²) in [6, 6.07) is 5.88. The third-order valence-electron chi connectivity index (χ3n) is 4.36. The first-order chi connectivity index (χ1) is 12.3. The van der Waals surface area contributed by atoms with E-state index < -0.39 is 0 Å². The van der Waals surface area contributed by atoms with Crippen molar-refractivity contribution in [2.24, 2.45) is 0 Å². The van der Waals surface area contributed by atoms with Crippen LogP contribution in [0.5, 0.6) is 11.5 Å². The molecule has 134 valence electrons. The van der Waals surface area contributed by atoms with Crippen molar-refractivity contribution >= 4 is 0 Å². The van der Waals surface area contributed by atoms with Gasteiger partial charge in [-0.05, 0) is 24.6 Å². The molecule has 0 saturated carbocycles. The van der Waals surface area contributed by atoms with Gasteiger partial charge in [0.2, 0.25) is 6.79 Å². The maximum Gasteiger partial charge on any atom is 0.231 e. The third-order valence-corrected chi connectivity index (χ3v) is 4.36. The number of ether oxygens (including phenoxy) is 4. The van der Waals surface area contributed by atoms with Crippen molar-refractivity contribution in [2.75, 3.05) is 26.6 Å². The van der Waals surface area contributed by atoms with Crippen molar-refractivity contribution < 1.29 is 18.9 Å². The summed E-state index contributed by atoms with van der Waals surface area (Å²) in [6.45, 7) is 4.93. The number of rotatable bonds is 6. The molecule has 2 aliphatic rings. The molecule has 0 amide bonds. The molecule has 1 atom stereocenters. The smallest absolute Gasteiger partial charge is 0.231 e. The van der Waals surface area contributed by atoms with Crippen LogP contribution in [-0.4, -0.2) is 47.5 Å². The quantitative estimate of drug-likeness (QED) is 0.801. The Labute approximate surface area is 146 Å². The molecule has 1 saturated heterocycles. The summed E-state index contributed by atoms with van der Waals surface area (Å²) < 4.78 is 24.1. The Hall–Kier alpha value is -2.12. The van der Waals surface area contributed by atoms with Crippen LogP contribution < -0.4 is 9.47 Å². The lowest BCUT2D eigenvalue weighted by Gasteiger charge is -2.23. The highest BCUT2D eigenvalue weighted by Gasteiger charge is 2.21. The monoisotopic (exact) mass is 345 g/mol. The van der Waals surface area contributed by atoms with E-state index in [0.29, 0.717) is 26.4 Å². The predicted molar refractivity (Wildman–Crippen MR) is 90.8 cm³/mol. The van der Waals surface area contributed by atoms with Crippen LogP contribution in [-0.2, 0) is 22.4 Å². The van der Waals surface area contributed by atoms with E-state index in [-0.39, 0.29) is 12.9 Å². The average Bonchev–Trinajstić information content (AvgIpc) is 3.27. The van der Waals surface area contributed by atoms with Gasteiger partial charge in [-0.1, -0.05) is 13.3 Å². The van der Waals surface area contributed by atoms with Gasteiger partial charge in [0.05, 0.1) is 26.4 Å². The molecule has 4 rings (SSSR count). The van der Waals surface area contributed by atoms with Crippen LogP contribution in [0.4, 0.5) is 0 Å². The summed E-state index contributed by atoms with van der Waals surface area (Å²) in [5.41, 5.74) is 0.969. The number of hydrogen-bond acceptors (Lipinski definition) is 6. The van der Waals surface area contributed by atoms with E-state index in [0.717, 1.165) is 48.0 Å². The largest absolute Gasteiger partial charge is 0.454 e. The number of benzene rings is 1. The van der Waals surface area contributed by atoms with Crippen LogP contribution in [0.25, 0.3) is 11.4 Å². The van der Waals surface area contributed by atoms with Gasteiger partial charge in [0.1, 0.15) is 6.10 Å². The maximum atomic E-state index is 5.78. The van der Waals surface area contributed by atoms with Gasteiger partial charge in [-0.15, -0.1) is 0 Å². The van der Waals surface area contributed by atoms with E-state index in [1.54, 1.807) is 0 Å². The van der Waals surface area contributed by atoms with Crippen molar-refractivity contribution in [3.05, 3.63) is 24.0 Å². The fourth-order valence-electron chi connectivity index (χ4n) is 3.04. The van der Waals surface area contributed by atoms with E-state index in [9.17, 15) is 0 Å². The Morgan fingerprint density at radius 1 is 1.20 bits per heavy atom. The molecule has 0 spiro atoms. The number of nitrogens with zero attached hydrogens (tertiary/aromatic N) is 3. The highest BCUT2D eigenvalue weighted by atomic mass is 16.7. The second-order valence-corrected chi connectivity index (χ2v) is 6.27. The fourth-order valence-corrected chi connectivity index (χ4v) is 3.04. The van der Waals surface area contributed by atoms with Crippen LogP contribution in [0.15, 0.2) is 18.2 Å². The van der Waals surface area contributed by atoms with E-state index in [2.05, 4.69) is 6.92 Å². The van der Waals surface area contributed by atoms with Crippen molar-refractivity contribution in [2.45, 2.75) is 38.8 Å². The first-order valence-corrected chi connectivity index (χ1v) is 8.86. The molecule has 0 N–H and O–H groups in total. The first kappa shape index (κ1) is 16.4. The molecule has 3 heterocycles. The minimum absolute atomic E-state index is 0.00207. The molecule has 0 radical (unpaired) electrons. The zero-order valence-corrected chi connectivity index (χ0v) is 14.4. The minimum Gasteiger partial charge on any atom is -0.454 e. The second kappa shape index (κ2) is 7.41. The number of unbranched alkanes of at least 4 members (excludes halogenated alkanes) is 1. The lowest BCUT2D eigenvalue weighted by Crippen LogP contribution is -2.32. The van der Waals surface area contributed by atoms with Gasteiger partial charge < -0.3 is 18.9 Å². The highest BCUT2D eigenvalue weighted by Crippen LogP contribution is 2.35. The molecule has 7 heteroatoms. The van der Waals surface area contributed by atoms with Gasteiger partial charge in [0.15, 0.2) is 23.1 Å². The van der Waals surface area contributed by atoms with Gasteiger partial charge in [0.25, 0.3) is 0 Å². The summed E-state index contributed by atoms with van der Waals surface area (Å²) in [7, 11) is 0. The minimum atomic E-state index is 0.00207.